The number of hydrogen-bond acceptors (Lipinski definition) is 2. The molecule has 2 fully saturated rings. The molecule has 1 unspecified atom stereocenters. The molecule has 2 heteroatoms. The van der Waals surface area contributed by atoms with E-state index in [-0.39, 0.29) is 0 Å². The Kier molecular flexibility index (Phi) is 2.81. The van der Waals surface area contributed by atoms with Crippen LogP contribution in [0, 0.1) is 16.7 Å². The summed E-state index contributed by atoms with van der Waals surface area (Å²) >= 11 is 0. The van der Waals surface area contributed by atoms with Gasteiger partial charge in [-0.05, 0) is 60.3 Å². The smallest absolute Gasteiger partial charge is 0.119 e. The van der Waals surface area contributed by atoms with Crippen LogP contribution in [0.15, 0.2) is 24.3 Å². The number of nitrogens with one attached hydrogen (secondary N) is 1. The summed E-state index contributed by atoms with van der Waals surface area (Å²) in [4.78, 5) is 0. The number of hydrogen-bond donors (Lipinski definition) is 1. The lowest BCUT2D eigenvalue weighted by Gasteiger charge is -2.43. The van der Waals surface area contributed by atoms with Crippen LogP contribution in [-0.2, 0) is 0 Å². The molecule has 0 heterocycles. The van der Waals surface area contributed by atoms with Crippen LogP contribution in [0.1, 0.15) is 40.0 Å². The van der Waals surface area contributed by atoms with Crippen molar-refractivity contribution in [2.45, 2.75) is 46.1 Å². The van der Waals surface area contributed by atoms with Crippen molar-refractivity contribution in [3.63, 3.8) is 0 Å². The van der Waals surface area contributed by atoms with E-state index in [1.54, 1.807) is 7.11 Å². The summed E-state index contributed by atoms with van der Waals surface area (Å²) in [5.74, 6) is 1.80. The lowest BCUT2D eigenvalue weighted by molar-refractivity contribution is 0.155. The number of ether oxygens (including phenoxy) is 1. The van der Waals surface area contributed by atoms with Crippen LogP contribution in [0.4, 0.5) is 5.69 Å². The van der Waals surface area contributed by atoms with Gasteiger partial charge < -0.3 is 10.1 Å². The third kappa shape index (κ3) is 1.92. The molecule has 0 aromatic heterocycles. The number of anilines is 1. The fourth-order valence-electron chi connectivity index (χ4n) is 4.52. The Morgan fingerprint density at radius 2 is 1.84 bits per heavy atom. The molecule has 2 bridgehead atoms. The fraction of sp³-hybridized carbons (Fsp3) is 0.647. The minimum absolute atomic E-state index is 0.396. The van der Waals surface area contributed by atoms with Gasteiger partial charge >= 0.3 is 0 Å². The van der Waals surface area contributed by atoms with Crippen molar-refractivity contribution >= 4 is 5.69 Å². The van der Waals surface area contributed by atoms with Crippen molar-refractivity contribution in [1.29, 1.82) is 0 Å². The Bertz CT molecular complexity index is 460. The molecule has 0 amide bonds. The molecule has 2 aliphatic carbocycles. The van der Waals surface area contributed by atoms with Crippen molar-refractivity contribution in [2.75, 3.05) is 12.4 Å². The molecule has 2 saturated carbocycles. The summed E-state index contributed by atoms with van der Waals surface area (Å²) in [5, 5.41) is 3.80. The first kappa shape index (κ1) is 12.8. The minimum atomic E-state index is 0.396. The summed E-state index contributed by atoms with van der Waals surface area (Å²) in [6.45, 7) is 7.33. The number of fused-ring (bicyclic) bond motifs is 2. The average Bonchev–Trinajstić information content (AvgIpc) is 2.87. The molecular formula is C17H25NO. The first-order valence-electron chi connectivity index (χ1n) is 7.36. The molecule has 1 aromatic carbocycles. The Morgan fingerprint density at radius 3 is 2.37 bits per heavy atom. The molecule has 104 valence electrons. The first-order chi connectivity index (χ1) is 8.95. The van der Waals surface area contributed by atoms with Gasteiger partial charge in [-0.1, -0.05) is 20.8 Å². The van der Waals surface area contributed by atoms with Crippen molar-refractivity contribution in [3.8, 4) is 5.75 Å². The molecule has 0 aliphatic heterocycles. The first-order valence-corrected chi connectivity index (χ1v) is 7.36. The second kappa shape index (κ2) is 4.16. The van der Waals surface area contributed by atoms with Gasteiger partial charge in [-0.3, -0.25) is 0 Å². The van der Waals surface area contributed by atoms with Gasteiger partial charge in [0.05, 0.1) is 7.11 Å². The Morgan fingerprint density at radius 1 is 1.16 bits per heavy atom. The van der Waals surface area contributed by atoms with Crippen molar-refractivity contribution in [1.82, 2.24) is 0 Å². The summed E-state index contributed by atoms with van der Waals surface area (Å²) in [5.41, 5.74) is 2.08. The van der Waals surface area contributed by atoms with E-state index >= 15 is 0 Å². The van der Waals surface area contributed by atoms with Crippen LogP contribution in [0.2, 0.25) is 0 Å². The van der Waals surface area contributed by atoms with Gasteiger partial charge in [0.25, 0.3) is 0 Å². The second-order valence-electron chi connectivity index (χ2n) is 7.22. The molecule has 3 atom stereocenters. The summed E-state index contributed by atoms with van der Waals surface area (Å²) in [6.07, 6.45) is 4.16. The molecule has 0 radical (unpaired) electrons. The Labute approximate surface area is 116 Å². The average molecular weight is 259 g/mol. The summed E-state index contributed by atoms with van der Waals surface area (Å²) < 4.78 is 5.22. The van der Waals surface area contributed by atoms with E-state index < -0.39 is 0 Å². The van der Waals surface area contributed by atoms with Crippen molar-refractivity contribution in [3.05, 3.63) is 24.3 Å². The zero-order valence-corrected chi connectivity index (χ0v) is 12.5. The maximum absolute atomic E-state index is 5.22. The molecule has 19 heavy (non-hydrogen) atoms. The SMILES string of the molecule is COc1ccc(NC2C(C)(C)[C@H]3CC[C@]2(C)C3)cc1. The van der Waals surface area contributed by atoms with E-state index in [9.17, 15) is 0 Å². The van der Waals surface area contributed by atoms with E-state index in [0.29, 0.717) is 16.9 Å². The topological polar surface area (TPSA) is 21.3 Å². The van der Waals surface area contributed by atoms with Gasteiger partial charge in [0.15, 0.2) is 0 Å². The van der Waals surface area contributed by atoms with E-state index in [4.69, 9.17) is 4.74 Å². The molecular weight excluding hydrogens is 234 g/mol. The normalized spacial score (nSPS) is 35.4. The zero-order valence-electron chi connectivity index (χ0n) is 12.5. The largest absolute Gasteiger partial charge is 0.497 e. The van der Waals surface area contributed by atoms with Gasteiger partial charge in [0.1, 0.15) is 5.75 Å². The Balaban J connectivity index is 1.82. The highest BCUT2D eigenvalue weighted by atomic mass is 16.5. The number of rotatable bonds is 3. The number of methoxy groups -OCH3 is 1. The predicted octanol–water partition coefficient (Wildman–Crippen LogP) is 4.32. The lowest BCUT2D eigenvalue weighted by Crippen LogP contribution is -2.45. The quantitative estimate of drug-likeness (QED) is 0.872. The van der Waals surface area contributed by atoms with Crippen molar-refractivity contribution < 1.29 is 4.74 Å². The summed E-state index contributed by atoms with van der Waals surface area (Å²) in [6, 6.07) is 8.90. The number of benzene rings is 1. The minimum Gasteiger partial charge on any atom is -0.497 e. The van der Waals surface area contributed by atoms with Gasteiger partial charge in [-0.15, -0.1) is 0 Å². The van der Waals surface area contributed by atoms with Crippen LogP contribution in [0.3, 0.4) is 0 Å². The highest BCUT2D eigenvalue weighted by Crippen LogP contribution is 2.63. The predicted molar refractivity (Wildman–Crippen MR) is 79.6 cm³/mol. The molecule has 1 aromatic rings. The Hall–Kier alpha value is -1.18. The highest BCUT2D eigenvalue weighted by Gasteiger charge is 2.59. The van der Waals surface area contributed by atoms with Gasteiger partial charge in [-0.25, -0.2) is 0 Å². The van der Waals surface area contributed by atoms with E-state index in [0.717, 1.165) is 11.7 Å². The lowest BCUT2D eigenvalue weighted by atomic mass is 9.68. The van der Waals surface area contributed by atoms with E-state index in [1.807, 2.05) is 12.1 Å². The summed E-state index contributed by atoms with van der Waals surface area (Å²) in [7, 11) is 1.71. The monoisotopic (exact) mass is 259 g/mol. The van der Waals surface area contributed by atoms with Crippen LogP contribution in [-0.4, -0.2) is 13.2 Å². The van der Waals surface area contributed by atoms with Crippen LogP contribution < -0.4 is 10.1 Å². The second-order valence-corrected chi connectivity index (χ2v) is 7.22. The maximum atomic E-state index is 5.22. The van der Waals surface area contributed by atoms with Gasteiger partial charge in [-0.2, -0.15) is 0 Å². The molecule has 2 nitrogen and oxygen atoms in total. The zero-order chi connectivity index (χ0) is 13.7. The fourth-order valence-corrected chi connectivity index (χ4v) is 4.52. The van der Waals surface area contributed by atoms with E-state index in [2.05, 4.69) is 38.2 Å². The molecule has 0 saturated heterocycles. The van der Waals surface area contributed by atoms with Gasteiger partial charge in [0, 0.05) is 11.7 Å². The third-order valence-corrected chi connectivity index (χ3v) is 5.67. The van der Waals surface area contributed by atoms with Crippen LogP contribution >= 0.6 is 0 Å². The van der Waals surface area contributed by atoms with Crippen LogP contribution in [0.25, 0.3) is 0 Å². The standard InChI is InChI=1S/C17H25NO/c1-16(2)12-9-10-17(3,11-12)15(16)18-13-5-7-14(19-4)8-6-13/h5-8,12,15,18H,9-11H2,1-4H3/t12-,15?,17+/m0/s1. The molecule has 2 aliphatic rings. The van der Waals surface area contributed by atoms with Gasteiger partial charge in [0.2, 0.25) is 0 Å². The van der Waals surface area contributed by atoms with Crippen LogP contribution in [0.5, 0.6) is 5.75 Å². The van der Waals surface area contributed by atoms with E-state index in [1.165, 1.54) is 24.9 Å². The third-order valence-electron chi connectivity index (χ3n) is 5.67. The molecule has 0 spiro atoms. The highest BCUT2D eigenvalue weighted by molar-refractivity contribution is 5.48. The van der Waals surface area contributed by atoms with Crippen molar-refractivity contribution in [2.24, 2.45) is 16.7 Å². The molecule has 1 N–H and O–H groups in total. The molecule has 3 rings (SSSR count). The maximum Gasteiger partial charge on any atom is 0.119 e.